The van der Waals surface area contributed by atoms with Gasteiger partial charge in [0.25, 0.3) is 0 Å². The Hall–Kier alpha value is -3.08. The molecule has 0 aliphatic heterocycles. The zero-order valence-electron chi connectivity index (χ0n) is 20.2. The fourth-order valence-corrected chi connectivity index (χ4v) is 5.50. The lowest BCUT2D eigenvalue weighted by atomic mass is 10.1. The predicted molar refractivity (Wildman–Crippen MR) is 129 cm³/mol. The number of nitrogens with one attached hydrogen (secondary N) is 1. The SMILES string of the molecule is CC(C)OC(=O)C(C)(C)NP(=O)(COC1(Cn2cnc3cnc(N)nc32)CC1)Oc1ccncc1. The highest BCUT2D eigenvalue weighted by atomic mass is 31.2. The second-order valence-corrected chi connectivity index (χ2v) is 11.4. The fraction of sp³-hybridized carbons (Fsp3) is 0.500. The number of fused-ring (bicyclic) bond motifs is 1. The molecule has 1 aliphatic rings. The van der Waals surface area contributed by atoms with Crippen molar-refractivity contribution in [3.63, 3.8) is 0 Å². The number of nitrogens with two attached hydrogens (primary N) is 1. The minimum Gasteiger partial charge on any atom is -0.462 e. The fourth-order valence-electron chi connectivity index (χ4n) is 3.49. The maximum atomic E-state index is 14.0. The normalized spacial score (nSPS) is 16.7. The summed E-state index contributed by atoms with van der Waals surface area (Å²) in [5.41, 5.74) is 5.09. The molecule has 1 unspecified atom stereocenters. The van der Waals surface area contributed by atoms with Crippen molar-refractivity contribution in [2.75, 3.05) is 12.1 Å². The monoisotopic (exact) mass is 503 g/mol. The van der Waals surface area contributed by atoms with Gasteiger partial charge in [0, 0.05) is 12.4 Å². The first-order valence-electron chi connectivity index (χ1n) is 11.3. The standard InChI is InChI=1S/C22H30N7O5P/c1-15(2)33-19(30)21(3,4)28-35(31,34-16-5-9-24-10-6-16)14-32-22(7-8-22)12-29-13-26-17-11-25-20(23)27-18(17)29/h5-6,9-11,13,15H,7-8,12,14H2,1-4H3,(H,28,31)(H2,23,25,27). The molecule has 1 aliphatic carbocycles. The number of carbonyl (C=O) groups excluding carboxylic acids is 1. The number of ether oxygens (including phenoxy) is 2. The van der Waals surface area contributed by atoms with Crippen molar-refractivity contribution < 1.29 is 23.4 Å². The van der Waals surface area contributed by atoms with Crippen LogP contribution >= 0.6 is 7.52 Å². The van der Waals surface area contributed by atoms with E-state index in [1.807, 2.05) is 4.57 Å². The molecule has 1 saturated carbocycles. The third-order valence-corrected chi connectivity index (χ3v) is 7.26. The molecule has 3 aromatic rings. The predicted octanol–water partition coefficient (Wildman–Crippen LogP) is 2.90. The number of aromatic nitrogens is 5. The third kappa shape index (κ3) is 6.14. The second-order valence-electron chi connectivity index (χ2n) is 9.40. The second kappa shape index (κ2) is 9.52. The molecule has 1 fully saturated rings. The van der Waals surface area contributed by atoms with E-state index < -0.39 is 24.6 Å². The first kappa shape index (κ1) is 25.0. The first-order valence-corrected chi connectivity index (χ1v) is 13.1. The Balaban J connectivity index is 1.52. The highest BCUT2D eigenvalue weighted by molar-refractivity contribution is 7.57. The quantitative estimate of drug-likeness (QED) is 0.293. The van der Waals surface area contributed by atoms with Crippen LogP contribution in [0.4, 0.5) is 5.95 Å². The first-order chi connectivity index (χ1) is 16.5. The molecule has 3 aromatic heterocycles. The van der Waals surface area contributed by atoms with Gasteiger partial charge in [-0.15, -0.1) is 0 Å². The van der Waals surface area contributed by atoms with Gasteiger partial charge in [-0.2, -0.15) is 4.98 Å². The van der Waals surface area contributed by atoms with Gasteiger partial charge in [-0.1, -0.05) is 0 Å². The van der Waals surface area contributed by atoms with Crippen molar-refractivity contribution in [3.05, 3.63) is 37.1 Å². The summed E-state index contributed by atoms with van der Waals surface area (Å²) in [5.74, 6) is -0.0561. The van der Waals surface area contributed by atoms with Gasteiger partial charge in [0.15, 0.2) is 5.65 Å². The van der Waals surface area contributed by atoms with Crippen LogP contribution in [-0.2, 0) is 25.4 Å². The smallest absolute Gasteiger partial charge is 0.342 e. The van der Waals surface area contributed by atoms with E-state index >= 15 is 0 Å². The summed E-state index contributed by atoms with van der Waals surface area (Å²) in [6.07, 6.45) is 7.18. The van der Waals surface area contributed by atoms with Crippen molar-refractivity contribution >= 4 is 30.6 Å². The van der Waals surface area contributed by atoms with Gasteiger partial charge in [-0.3, -0.25) is 14.3 Å². The van der Waals surface area contributed by atoms with Crippen LogP contribution in [0.3, 0.4) is 0 Å². The number of imidazole rings is 1. The maximum absolute atomic E-state index is 14.0. The lowest BCUT2D eigenvalue weighted by molar-refractivity contribution is -0.153. The van der Waals surface area contributed by atoms with Crippen LogP contribution in [0.15, 0.2) is 37.1 Å². The number of carbonyl (C=O) groups is 1. The molecule has 0 amide bonds. The van der Waals surface area contributed by atoms with Gasteiger partial charge < -0.3 is 24.3 Å². The number of pyridine rings is 1. The Bertz CT molecular complexity index is 1240. The molecule has 4 rings (SSSR count). The molecule has 12 nitrogen and oxygen atoms in total. The van der Waals surface area contributed by atoms with Gasteiger partial charge in [0.05, 0.1) is 30.8 Å². The highest BCUT2D eigenvalue weighted by Crippen LogP contribution is 2.50. The van der Waals surface area contributed by atoms with E-state index in [4.69, 9.17) is 19.7 Å². The topological polar surface area (TPSA) is 156 Å². The Kier molecular flexibility index (Phi) is 6.81. The van der Waals surface area contributed by atoms with Crippen LogP contribution in [0.5, 0.6) is 5.75 Å². The molecule has 188 valence electrons. The highest BCUT2D eigenvalue weighted by Gasteiger charge is 2.48. The Labute approximate surface area is 203 Å². The summed E-state index contributed by atoms with van der Waals surface area (Å²) >= 11 is 0. The van der Waals surface area contributed by atoms with Crippen molar-refractivity contribution in [2.45, 2.75) is 64.3 Å². The number of hydrogen-bond acceptors (Lipinski definition) is 10. The van der Waals surface area contributed by atoms with Gasteiger partial charge in [0.2, 0.25) is 5.95 Å². The molecule has 0 spiro atoms. The molecule has 35 heavy (non-hydrogen) atoms. The zero-order chi connectivity index (χ0) is 25.3. The molecule has 0 aromatic carbocycles. The Morgan fingerprint density at radius 2 is 2.00 bits per heavy atom. The minimum absolute atomic E-state index is 0.153. The van der Waals surface area contributed by atoms with Crippen LogP contribution in [0, 0.1) is 0 Å². The van der Waals surface area contributed by atoms with E-state index in [0.717, 1.165) is 12.8 Å². The van der Waals surface area contributed by atoms with E-state index in [1.54, 1.807) is 52.4 Å². The van der Waals surface area contributed by atoms with Gasteiger partial charge in [0.1, 0.15) is 23.2 Å². The maximum Gasteiger partial charge on any atom is 0.342 e. The van der Waals surface area contributed by atoms with Gasteiger partial charge in [-0.05, 0) is 52.7 Å². The molecule has 3 N–H and O–H groups in total. The summed E-state index contributed by atoms with van der Waals surface area (Å²) < 4.78 is 33.2. The van der Waals surface area contributed by atoms with E-state index in [1.165, 1.54) is 12.4 Å². The van der Waals surface area contributed by atoms with E-state index in [9.17, 15) is 9.36 Å². The van der Waals surface area contributed by atoms with Crippen molar-refractivity contribution in [2.24, 2.45) is 0 Å². The Morgan fingerprint density at radius 3 is 2.66 bits per heavy atom. The van der Waals surface area contributed by atoms with Gasteiger partial charge >= 0.3 is 13.5 Å². The molecule has 3 heterocycles. The summed E-state index contributed by atoms with van der Waals surface area (Å²) in [7, 11) is -3.73. The minimum atomic E-state index is -3.73. The van der Waals surface area contributed by atoms with Crippen LogP contribution in [0.2, 0.25) is 0 Å². The van der Waals surface area contributed by atoms with Crippen LogP contribution in [0.25, 0.3) is 11.2 Å². The largest absolute Gasteiger partial charge is 0.462 e. The van der Waals surface area contributed by atoms with Crippen molar-refractivity contribution in [1.82, 2.24) is 29.6 Å². The average Bonchev–Trinajstić information content (AvgIpc) is 3.45. The third-order valence-electron chi connectivity index (χ3n) is 5.39. The summed E-state index contributed by atoms with van der Waals surface area (Å²) in [4.78, 5) is 29.1. The number of anilines is 1. The molecular weight excluding hydrogens is 473 g/mol. The summed E-state index contributed by atoms with van der Waals surface area (Å²) in [5, 5.41) is 2.88. The number of rotatable bonds is 11. The zero-order valence-corrected chi connectivity index (χ0v) is 21.1. The molecule has 1 atom stereocenters. The van der Waals surface area contributed by atoms with Crippen LogP contribution in [0.1, 0.15) is 40.5 Å². The van der Waals surface area contributed by atoms with Crippen LogP contribution < -0.4 is 15.3 Å². The van der Waals surface area contributed by atoms with Crippen molar-refractivity contribution in [1.29, 1.82) is 0 Å². The van der Waals surface area contributed by atoms with Crippen molar-refractivity contribution in [3.8, 4) is 5.75 Å². The molecular formula is C22H30N7O5P. The summed E-state index contributed by atoms with van der Waals surface area (Å²) in [6, 6.07) is 3.17. The molecule has 0 bridgehead atoms. The summed E-state index contributed by atoms with van der Waals surface area (Å²) in [6.45, 7) is 7.12. The molecule has 13 heteroatoms. The van der Waals surface area contributed by atoms with E-state index in [-0.39, 0.29) is 18.4 Å². The van der Waals surface area contributed by atoms with E-state index in [0.29, 0.717) is 23.5 Å². The number of nitrogens with zero attached hydrogens (tertiary/aromatic N) is 5. The average molecular weight is 504 g/mol. The lowest BCUT2D eigenvalue weighted by Gasteiger charge is -2.31. The van der Waals surface area contributed by atoms with Crippen LogP contribution in [-0.4, -0.2) is 54.1 Å². The number of esters is 1. The number of hydrogen-bond donors (Lipinski definition) is 2. The molecule has 0 saturated heterocycles. The lowest BCUT2D eigenvalue weighted by Crippen LogP contribution is -2.48. The molecule has 0 radical (unpaired) electrons. The Morgan fingerprint density at radius 1 is 1.29 bits per heavy atom. The van der Waals surface area contributed by atoms with E-state index in [2.05, 4.69) is 25.0 Å². The van der Waals surface area contributed by atoms with Gasteiger partial charge in [-0.25, -0.2) is 15.1 Å². The number of nitrogen functional groups attached to an aromatic ring is 1.